The van der Waals surface area contributed by atoms with Crippen LogP contribution in [0.4, 0.5) is 0 Å². The third kappa shape index (κ3) is 5.19. The van der Waals surface area contributed by atoms with E-state index in [4.69, 9.17) is 4.74 Å². The Kier molecular flexibility index (Phi) is 8.21. The van der Waals surface area contributed by atoms with Crippen LogP contribution in [0.25, 0.3) is 10.9 Å². The molecule has 7 heteroatoms. The summed E-state index contributed by atoms with van der Waals surface area (Å²) in [5, 5.41) is 0.504. The molecular weight excluding hydrogens is 502 g/mol. The number of ether oxygens (including phenoxy) is 1. The third-order valence-corrected chi connectivity index (χ3v) is 11.0. The average Bonchev–Trinajstić information content (AvgIpc) is 2.92. The van der Waals surface area contributed by atoms with E-state index >= 15 is 0 Å². The van der Waals surface area contributed by atoms with Gasteiger partial charge in [-0.3, -0.25) is 23.6 Å². The molecule has 6 aliphatic rings. The van der Waals surface area contributed by atoms with Crippen LogP contribution >= 0.6 is 0 Å². The molecule has 1 aromatic heterocycles. The number of hydrogen-bond donors (Lipinski definition) is 0. The van der Waals surface area contributed by atoms with E-state index in [0.717, 1.165) is 50.0 Å². The molecule has 7 nitrogen and oxygen atoms in total. The molecule has 6 fully saturated rings. The molecule has 0 N–H and O–H groups in total. The van der Waals surface area contributed by atoms with E-state index in [-0.39, 0.29) is 36.4 Å². The molecule has 4 saturated carbocycles. The van der Waals surface area contributed by atoms with E-state index in [1.807, 2.05) is 12.1 Å². The summed E-state index contributed by atoms with van der Waals surface area (Å²) in [4.78, 5) is 43.4. The number of nitrogens with zero attached hydrogens (tertiary/aromatic N) is 3. The van der Waals surface area contributed by atoms with Gasteiger partial charge in [-0.05, 0) is 87.7 Å². The SMILES string of the molecule is CCOC(=O)Cn1c(=O)n(C2C[C@H]3CCCCC2CN3C2C[C@@H]3CCC2CCC(CC)C3)c(=O)c2ccccc21. The van der Waals surface area contributed by atoms with E-state index in [1.165, 1.54) is 60.5 Å². The first-order valence-corrected chi connectivity index (χ1v) is 16.1. The van der Waals surface area contributed by atoms with Crippen LogP contribution < -0.4 is 11.2 Å². The van der Waals surface area contributed by atoms with Gasteiger partial charge in [-0.25, -0.2) is 4.79 Å². The van der Waals surface area contributed by atoms with Crippen molar-refractivity contribution in [2.24, 2.45) is 23.7 Å². The van der Waals surface area contributed by atoms with Gasteiger partial charge in [0.15, 0.2) is 0 Å². The Morgan fingerprint density at radius 2 is 1.70 bits per heavy atom. The predicted octanol–water partition coefficient (Wildman–Crippen LogP) is 5.53. The van der Waals surface area contributed by atoms with Gasteiger partial charge in [0.2, 0.25) is 0 Å². The molecule has 2 aromatic rings. The second-order valence-electron chi connectivity index (χ2n) is 13.2. The van der Waals surface area contributed by atoms with Crippen molar-refractivity contribution >= 4 is 16.9 Å². The highest BCUT2D eigenvalue weighted by atomic mass is 16.5. The normalized spacial score (nSPS) is 32.8. The van der Waals surface area contributed by atoms with Crippen molar-refractivity contribution in [3.8, 4) is 0 Å². The molecule has 7 atom stereocenters. The predicted molar refractivity (Wildman–Crippen MR) is 157 cm³/mol. The molecule has 2 aliphatic heterocycles. The first-order chi connectivity index (χ1) is 19.5. The highest BCUT2D eigenvalue weighted by Gasteiger charge is 2.45. The monoisotopic (exact) mass is 549 g/mol. The standard InChI is InChI=1S/C33H47N3O4/c1-3-22-13-15-24-16-14-23(17-22)18-29(24)34-20-25-9-5-6-10-26(34)19-30(25)36-32(38)27-11-7-8-12-28(27)35(33(36)39)21-31(37)40-4-2/h7-8,11-12,22-26,29-30H,3-6,9-10,13-21H2,1-2H3/t22?,23-,24?,25?,26-,29?,30?/m1/s1. The average molecular weight is 550 g/mol. The van der Waals surface area contributed by atoms with E-state index in [9.17, 15) is 14.4 Å². The van der Waals surface area contributed by atoms with E-state index in [1.54, 1.807) is 19.1 Å². The Hall–Kier alpha value is -2.41. The minimum atomic E-state index is -0.449. The summed E-state index contributed by atoms with van der Waals surface area (Å²) in [5.74, 6) is 2.36. The minimum Gasteiger partial charge on any atom is -0.465 e. The van der Waals surface area contributed by atoms with Crippen LogP contribution in [0.1, 0.15) is 96.9 Å². The second-order valence-corrected chi connectivity index (χ2v) is 13.2. The highest BCUT2D eigenvalue weighted by Crippen LogP contribution is 2.47. The lowest BCUT2D eigenvalue weighted by Crippen LogP contribution is -2.58. The van der Waals surface area contributed by atoms with Gasteiger partial charge in [-0.15, -0.1) is 0 Å². The topological polar surface area (TPSA) is 73.5 Å². The smallest absolute Gasteiger partial charge is 0.332 e. The van der Waals surface area contributed by atoms with Gasteiger partial charge < -0.3 is 4.74 Å². The summed E-state index contributed by atoms with van der Waals surface area (Å²) >= 11 is 0. The maximum absolute atomic E-state index is 14.1. The van der Waals surface area contributed by atoms with Crippen molar-refractivity contribution in [3.63, 3.8) is 0 Å². The molecule has 0 spiro atoms. The van der Waals surface area contributed by atoms with Crippen LogP contribution in [-0.4, -0.2) is 45.2 Å². The Labute approximate surface area is 237 Å². The van der Waals surface area contributed by atoms with Crippen molar-refractivity contribution in [1.29, 1.82) is 0 Å². The lowest BCUT2D eigenvalue weighted by atomic mass is 9.67. The molecule has 0 radical (unpaired) electrons. The first-order valence-electron chi connectivity index (χ1n) is 16.1. The largest absolute Gasteiger partial charge is 0.465 e. The first kappa shape index (κ1) is 27.7. The van der Waals surface area contributed by atoms with Gasteiger partial charge in [-0.1, -0.05) is 51.2 Å². The molecule has 2 saturated heterocycles. The number of carbonyl (C=O) groups is 1. The Morgan fingerprint density at radius 1 is 0.900 bits per heavy atom. The summed E-state index contributed by atoms with van der Waals surface area (Å²) in [7, 11) is 0. The summed E-state index contributed by atoms with van der Waals surface area (Å²) < 4.78 is 8.21. The van der Waals surface area contributed by atoms with Crippen molar-refractivity contribution in [1.82, 2.24) is 14.0 Å². The summed E-state index contributed by atoms with van der Waals surface area (Å²) in [5.41, 5.74) is -0.0652. The number of benzene rings is 1. The second kappa shape index (κ2) is 11.8. The molecule has 40 heavy (non-hydrogen) atoms. The van der Waals surface area contributed by atoms with E-state index < -0.39 is 5.97 Å². The van der Waals surface area contributed by atoms with Crippen LogP contribution in [0, 0.1) is 23.7 Å². The maximum Gasteiger partial charge on any atom is 0.332 e. The molecule has 8 rings (SSSR count). The highest BCUT2D eigenvalue weighted by molar-refractivity contribution is 5.80. The van der Waals surface area contributed by atoms with Crippen molar-refractivity contribution in [2.75, 3.05) is 13.2 Å². The van der Waals surface area contributed by atoms with Gasteiger partial charge in [-0.2, -0.15) is 0 Å². The number of rotatable bonds is 6. The third-order valence-electron chi connectivity index (χ3n) is 11.0. The molecule has 1 aromatic carbocycles. The number of carbonyl (C=O) groups excluding carboxylic acids is 1. The van der Waals surface area contributed by atoms with Crippen LogP contribution in [-0.2, 0) is 16.1 Å². The lowest BCUT2D eigenvalue weighted by Gasteiger charge is -2.54. The van der Waals surface area contributed by atoms with Crippen LogP contribution in [0.2, 0.25) is 0 Å². The Bertz CT molecular complexity index is 1330. The quantitative estimate of drug-likeness (QED) is 0.443. The van der Waals surface area contributed by atoms with Crippen LogP contribution in [0.3, 0.4) is 0 Å². The van der Waals surface area contributed by atoms with Crippen molar-refractivity contribution < 1.29 is 9.53 Å². The Morgan fingerprint density at radius 3 is 2.52 bits per heavy atom. The summed E-state index contributed by atoms with van der Waals surface area (Å²) in [6, 6.07) is 8.13. The molecule has 218 valence electrons. The number of hydrogen-bond acceptors (Lipinski definition) is 5. The van der Waals surface area contributed by atoms with E-state index in [0.29, 0.717) is 23.0 Å². The number of esters is 1. The maximum atomic E-state index is 14.1. The van der Waals surface area contributed by atoms with Crippen LogP contribution in [0.5, 0.6) is 0 Å². The molecule has 0 amide bonds. The molecule has 4 bridgehead atoms. The van der Waals surface area contributed by atoms with Gasteiger partial charge in [0.25, 0.3) is 5.56 Å². The molecule has 3 heterocycles. The fraction of sp³-hybridized carbons (Fsp3) is 0.727. The van der Waals surface area contributed by atoms with Crippen molar-refractivity contribution in [3.05, 3.63) is 45.1 Å². The van der Waals surface area contributed by atoms with Gasteiger partial charge >= 0.3 is 11.7 Å². The lowest BCUT2D eigenvalue weighted by molar-refractivity contribution is -0.143. The number of fused-ring (bicyclic) bond motifs is 12. The summed E-state index contributed by atoms with van der Waals surface area (Å²) in [6.07, 6.45) is 15.0. The van der Waals surface area contributed by atoms with Crippen molar-refractivity contribution in [2.45, 2.75) is 116 Å². The number of piperidine rings is 1. The zero-order valence-corrected chi connectivity index (χ0v) is 24.4. The number of aromatic nitrogens is 2. The van der Waals surface area contributed by atoms with Gasteiger partial charge in [0.1, 0.15) is 6.54 Å². The number of para-hydroxylation sites is 1. The van der Waals surface area contributed by atoms with Crippen LogP contribution in [0.15, 0.2) is 33.9 Å². The van der Waals surface area contributed by atoms with Gasteiger partial charge in [0, 0.05) is 24.7 Å². The zero-order valence-electron chi connectivity index (χ0n) is 24.4. The molecule has 5 unspecified atom stereocenters. The fourth-order valence-electron chi connectivity index (χ4n) is 9.01. The molecule has 4 aliphatic carbocycles. The fourth-order valence-corrected chi connectivity index (χ4v) is 9.01. The molecular formula is C33H47N3O4. The Balaban J connectivity index is 1.35. The van der Waals surface area contributed by atoms with Gasteiger partial charge in [0.05, 0.1) is 17.5 Å². The van der Waals surface area contributed by atoms with E-state index in [2.05, 4.69) is 11.8 Å². The zero-order chi connectivity index (χ0) is 27.8. The minimum absolute atomic E-state index is 0.130. The summed E-state index contributed by atoms with van der Waals surface area (Å²) in [6.45, 7) is 5.20.